The average Bonchev–Trinajstić information content (AvgIpc) is 3.74. The van der Waals surface area contributed by atoms with Gasteiger partial charge in [-0.3, -0.25) is 24.0 Å². The van der Waals surface area contributed by atoms with E-state index in [1.165, 1.54) is 6.92 Å². The standard InChI is InChI=1S/C37H41N5O6/c1-23-32(43)40-31(19-24-7-3-2-4-8-24)35(46)42-37(15-16-37)36(47)38-17-18-48-29-13-11-25(12-14-29)20-30(34(45)39-23)41-33(44)28-21-26-9-5-6-10-27(26)22-28/h2-14,23,28,30-31H,15-22H2,1H3,(H,38,47)(H,39,45)(H,40,43)(H,41,44)(H,42,46)/t23-,30-,31+/m0/s1. The molecule has 3 aromatic rings. The molecule has 3 atom stereocenters. The molecule has 48 heavy (non-hydrogen) atoms. The summed E-state index contributed by atoms with van der Waals surface area (Å²) in [6, 6.07) is 21.4. The summed E-state index contributed by atoms with van der Waals surface area (Å²) in [5, 5.41) is 14.2. The van der Waals surface area contributed by atoms with Gasteiger partial charge in [0, 0.05) is 18.8 Å². The van der Waals surface area contributed by atoms with Crippen molar-refractivity contribution in [2.75, 3.05) is 13.2 Å². The van der Waals surface area contributed by atoms with Crippen LogP contribution in [0.2, 0.25) is 0 Å². The van der Waals surface area contributed by atoms with E-state index in [1.54, 1.807) is 12.1 Å². The molecule has 0 saturated heterocycles. The number of benzene rings is 3. The van der Waals surface area contributed by atoms with E-state index in [1.807, 2.05) is 66.7 Å². The largest absolute Gasteiger partial charge is 0.492 e. The van der Waals surface area contributed by atoms with Crippen LogP contribution in [0, 0.1) is 5.92 Å². The number of carbonyl (C=O) groups is 5. The summed E-state index contributed by atoms with van der Waals surface area (Å²) in [5.74, 6) is -1.83. The van der Waals surface area contributed by atoms with Crippen LogP contribution < -0.4 is 31.3 Å². The van der Waals surface area contributed by atoms with Crippen LogP contribution in [-0.2, 0) is 49.7 Å². The molecule has 11 heteroatoms. The van der Waals surface area contributed by atoms with Crippen LogP contribution in [0.1, 0.15) is 42.0 Å². The maximum atomic E-state index is 13.7. The second-order valence-corrected chi connectivity index (χ2v) is 12.9. The van der Waals surface area contributed by atoms with Crippen molar-refractivity contribution in [3.63, 3.8) is 0 Å². The first kappa shape index (κ1) is 32.7. The first-order valence-electron chi connectivity index (χ1n) is 16.5. The Kier molecular flexibility index (Phi) is 9.75. The Morgan fingerprint density at radius 1 is 0.812 bits per heavy atom. The third kappa shape index (κ3) is 7.84. The van der Waals surface area contributed by atoms with Gasteiger partial charge in [0.05, 0.1) is 6.54 Å². The maximum Gasteiger partial charge on any atom is 0.245 e. The average molecular weight is 652 g/mol. The summed E-state index contributed by atoms with van der Waals surface area (Å²) in [7, 11) is 0. The van der Waals surface area contributed by atoms with Crippen molar-refractivity contribution < 1.29 is 28.7 Å². The van der Waals surface area contributed by atoms with Gasteiger partial charge >= 0.3 is 0 Å². The Bertz CT molecular complexity index is 1650. The first-order chi connectivity index (χ1) is 23.2. The molecule has 1 spiro atoms. The van der Waals surface area contributed by atoms with Crippen molar-refractivity contribution >= 4 is 29.5 Å². The maximum absolute atomic E-state index is 13.7. The van der Waals surface area contributed by atoms with E-state index < -0.39 is 41.4 Å². The van der Waals surface area contributed by atoms with Crippen molar-refractivity contribution in [3.8, 4) is 5.75 Å². The molecule has 2 aliphatic heterocycles. The normalized spacial score (nSPS) is 23.1. The Hall–Kier alpha value is -5.19. The van der Waals surface area contributed by atoms with Crippen LogP contribution >= 0.6 is 0 Å². The number of rotatable bonds is 4. The molecule has 250 valence electrons. The van der Waals surface area contributed by atoms with Gasteiger partial charge in [-0.05, 0) is 67.0 Å². The molecule has 3 aromatic carbocycles. The molecule has 4 aliphatic rings. The van der Waals surface area contributed by atoms with Crippen LogP contribution in [0.3, 0.4) is 0 Å². The van der Waals surface area contributed by atoms with Gasteiger partial charge in [-0.15, -0.1) is 0 Å². The van der Waals surface area contributed by atoms with E-state index in [4.69, 9.17) is 4.74 Å². The summed E-state index contributed by atoms with van der Waals surface area (Å²) >= 11 is 0. The molecule has 2 bridgehead atoms. The number of hydrogen-bond acceptors (Lipinski definition) is 6. The Labute approximate surface area is 279 Å². The van der Waals surface area contributed by atoms with Gasteiger partial charge in [-0.1, -0.05) is 66.7 Å². The lowest BCUT2D eigenvalue weighted by Crippen LogP contribution is -2.59. The van der Waals surface area contributed by atoms with Gasteiger partial charge in [-0.25, -0.2) is 0 Å². The van der Waals surface area contributed by atoms with Crippen molar-refractivity contribution in [2.45, 2.75) is 69.1 Å². The number of amides is 5. The van der Waals surface area contributed by atoms with Gasteiger partial charge in [0.1, 0.15) is 36.0 Å². The van der Waals surface area contributed by atoms with Crippen LogP contribution in [0.25, 0.3) is 0 Å². The number of hydrogen-bond donors (Lipinski definition) is 5. The first-order valence-corrected chi connectivity index (χ1v) is 16.5. The Morgan fingerprint density at radius 2 is 1.48 bits per heavy atom. The van der Waals surface area contributed by atoms with E-state index in [2.05, 4.69) is 26.6 Å². The fraction of sp³-hybridized carbons (Fsp3) is 0.378. The fourth-order valence-electron chi connectivity index (χ4n) is 6.30. The topological polar surface area (TPSA) is 155 Å². The van der Waals surface area contributed by atoms with Gasteiger partial charge in [0.2, 0.25) is 29.5 Å². The van der Waals surface area contributed by atoms with Crippen LogP contribution in [0.5, 0.6) is 5.75 Å². The molecule has 5 N–H and O–H groups in total. The van der Waals surface area contributed by atoms with Gasteiger partial charge in [0.15, 0.2) is 0 Å². The molecule has 0 unspecified atom stereocenters. The zero-order valence-corrected chi connectivity index (χ0v) is 26.9. The van der Waals surface area contributed by atoms with Crippen LogP contribution in [0.15, 0.2) is 78.9 Å². The summed E-state index contributed by atoms with van der Waals surface area (Å²) in [5.41, 5.74) is 2.80. The molecule has 5 amide bonds. The van der Waals surface area contributed by atoms with Crippen molar-refractivity contribution in [1.29, 1.82) is 0 Å². The molecule has 1 fully saturated rings. The second kappa shape index (κ2) is 14.3. The van der Waals surface area contributed by atoms with E-state index in [-0.39, 0.29) is 43.7 Å². The molecule has 2 aliphatic carbocycles. The van der Waals surface area contributed by atoms with E-state index >= 15 is 0 Å². The van der Waals surface area contributed by atoms with E-state index in [0.29, 0.717) is 31.4 Å². The lowest BCUT2D eigenvalue weighted by atomic mass is 10.0. The van der Waals surface area contributed by atoms with Crippen molar-refractivity contribution in [1.82, 2.24) is 26.6 Å². The third-order valence-corrected chi connectivity index (χ3v) is 9.29. The molecule has 0 aromatic heterocycles. The third-order valence-electron chi connectivity index (χ3n) is 9.29. The van der Waals surface area contributed by atoms with Crippen molar-refractivity contribution in [3.05, 3.63) is 101 Å². The highest BCUT2D eigenvalue weighted by atomic mass is 16.5. The van der Waals surface area contributed by atoms with E-state index in [9.17, 15) is 24.0 Å². The quantitative estimate of drug-likeness (QED) is 0.270. The van der Waals surface area contributed by atoms with Gasteiger partial charge in [-0.2, -0.15) is 0 Å². The number of ether oxygens (including phenoxy) is 1. The SMILES string of the molecule is C[C@@H]1NC(=O)[C@@H](NC(=O)C2Cc3ccccc3C2)Cc2ccc(cc2)OCCNC(=O)C2(CC2)NC(=O)[C@@H](Cc2ccccc2)NC1=O. The second-order valence-electron chi connectivity index (χ2n) is 12.9. The molecule has 2 heterocycles. The summed E-state index contributed by atoms with van der Waals surface area (Å²) in [6.45, 7) is 1.98. The highest BCUT2D eigenvalue weighted by molar-refractivity contribution is 5.98. The zero-order chi connectivity index (χ0) is 33.7. The summed E-state index contributed by atoms with van der Waals surface area (Å²) < 4.78 is 5.82. The molecular weight excluding hydrogens is 610 g/mol. The number of fused-ring (bicyclic) bond motifs is 16. The van der Waals surface area contributed by atoms with Crippen LogP contribution in [-0.4, -0.2) is 66.4 Å². The molecule has 11 nitrogen and oxygen atoms in total. The van der Waals surface area contributed by atoms with Gasteiger partial charge < -0.3 is 31.3 Å². The lowest BCUT2D eigenvalue weighted by molar-refractivity contribution is -0.135. The molecule has 1 saturated carbocycles. The summed E-state index contributed by atoms with van der Waals surface area (Å²) in [6.07, 6.45) is 2.50. The zero-order valence-electron chi connectivity index (χ0n) is 26.9. The lowest BCUT2D eigenvalue weighted by Gasteiger charge is -2.26. The fourth-order valence-corrected chi connectivity index (χ4v) is 6.30. The smallest absolute Gasteiger partial charge is 0.245 e. The minimum atomic E-state index is -1.05. The van der Waals surface area contributed by atoms with Crippen LogP contribution in [0.4, 0.5) is 0 Å². The van der Waals surface area contributed by atoms with Crippen molar-refractivity contribution in [2.24, 2.45) is 5.92 Å². The Morgan fingerprint density at radius 3 is 2.15 bits per heavy atom. The highest BCUT2D eigenvalue weighted by Gasteiger charge is 2.51. The minimum absolute atomic E-state index is 0.183. The summed E-state index contributed by atoms with van der Waals surface area (Å²) in [4.78, 5) is 67.4. The number of carbonyl (C=O) groups excluding carboxylic acids is 5. The predicted molar refractivity (Wildman–Crippen MR) is 178 cm³/mol. The predicted octanol–water partition coefficient (Wildman–Crippen LogP) is 1.52. The minimum Gasteiger partial charge on any atom is -0.492 e. The molecule has 7 rings (SSSR count). The molecular formula is C37H41N5O6. The van der Waals surface area contributed by atoms with E-state index in [0.717, 1.165) is 22.3 Å². The highest BCUT2D eigenvalue weighted by Crippen LogP contribution is 2.35. The van der Waals surface area contributed by atoms with Gasteiger partial charge in [0.25, 0.3) is 0 Å². The molecule has 0 radical (unpaired) electrons. The monoisotopic (exact) mass is 651 g/mol. The number of nitrogens with one attached hydrogen (secondary N) is 5. The Balaban J connectivity index is 1.22.